The Labute approximate surface area is 78.1 Å². The standard InChI is InChI=1S/C10H15NO2/c1-5-11-10(12)9-6(2)7(3)13-8(9)4/h5H2,1-4H3,(H,11,12). The van der Waals surface area contributed by atoms with E-state index in [0.717, 1.165) is 11.3 Å². The van der Waals surface area contributed by atoms with Crippen LogP contribution in [0.2, 0.25) is 0 Å². The van der Waals surface area contributed by atoms with Crippen LogP contribution < -0.4 is 5.32 Å². The van der Waals surface area contributed by atoms with Crippen LogP contribution in [0.4, 0.5) is 0 Å². The minimum absolute atomic E-state index is 0.0469. The Morgan fingerprint density at radius 3 is 2.31 bits per heavy atom. The lowest BCUT2D eigenvalue weighted by molar-refractivity contribution is 0.0954. The smallest absolute Gasteiger partial charge is 0.255 e. The zero-order valence-corrected chi connectivity index (χ0v) is 8.52. The van der Waals surface area contributed by atoms with Gasteiger partial charge in [0.1, 0.15) is 11.5 Å². The minimum atomic E-state index is -0.0469. The molecule has 1 heterocycles. The second-order valence-corrected chi connectivity index (χ2v) is 3.07. The van der Waals surface area contributed by atoms with Crippen LogP contribution in [0.15, 0.2) is 4.42 Å². The number of aryl methyl sites for hydroxylation is 2. The van der Waals surface area contributed by atoms with Gasteiger partial charge in [-0.15, -0.1) is 0 Å². The summed E-state index contributed by atoms with van der Waals surface area (Å²) in [6.45, 7) is 8.11. The maximum absolute atomic E-state index is 11.5. The third kappa shape index (κ3) is 1.74. The maximum Gasteiger partial charge on any atom is 0.255 e. The summed E-state index contributed by atoms with van der Waals surface area (Å²) in [6.07, 6.45) is 0. The lowest BCUT2D eigenvalue weighted by Crippen LogP contribution is -2.23. The third-order valence-electron chi connectivity index (χ3n) is 2.13. The quantitative estimate of drug-likeness (QED) is 0.757. The number of furan rings is 1. The van der Waals surface area contributed by atoms with E-state index in [1.165, 1.54) is 0 Å². The van der Waals surface area contributed by atoms with Crippen molar-refractivity contribution in [3.05, 3.63) is 22.6 Å². The fourth-order valence-electron chi connectivity index (χ4n) is 1.38. The second-order valence-electron chi connectivity index (χ2n) is 3.07. The van der Waals surface area contributed by atoms with Crippen LogP contribution >= 0.6 is 0 Å². The van der Waals surface area contributed by atoms with Crippen molar-refractivity contribution >= 4 is 5.91 Å². The topological polar surface area (TPSA) is 42.2 Å². The molecule has 1 rings (SSSR count). The van der Waals surface area contributed by atoms with E-state index in [1.54, 1.807) is 0 Å². The number of amides is 1. The van der Waals surface area contributed by atoms with Crippen LogP contribution in [0.25, 0.3) is 0 Å². The van der Waals surface area contributed by atoms with Gasteiger partial charge in [0.15, 0.2) is 0 Å². The summed E-state index contributed by atoms with van der Waals surface area (Å²) < 4.78 is 5.35. The average Bonchev–Trinajstić information content (AvgIpc) is 2.27. The van der Waals surface area contributed by atoms with Gasteiger partial charge in [-0.25, -0.2) is 0 Å². The molecule has 72 valence electrons. The number of hydrogen-bond donors (Lipinski definition) is 1. The molecule has 1 aromatic rings. The molecular formula is C10H15NO2. The molecule has 13 heavy (non-hydrogen) atoms. The SMILES string of the molecule is CCNC(=O)c1c(C)oc(C)c1C. The van der Waals surface area contributed by atoms with Crippen LogP contribution in [0, 0.1) is 20.8 Å². The summed E-state index contributed by atoms with van der Waals surface area (Å²) in [5.41, 5.74) is 1.61. The van der Waals surface area contributed by atoms with E-state index in [1.807, 2.05) is 27.7 Å². The molecule has 0 fully saturated rings. The number of hydrogen-bond acceptors (Lipinski definition) is 2. The van der Waals surface area contributed by atoms with Gasteiger partial charge in [-0.2, -0.15) is 0 Å². The molecule has 0 spiro atoms. The van der Waals surface area contributed by atoms with Crippen molar-refractivity contribution in [2.45, 2.75) is 27.7 Å². The van der Waals surface area contributed by atoms with E-state index >= 15 is 0 Å². The Morgan fingerprint density at radius 2 is 1.92 bits per heavy atom. The van der Waals surface area contributed by atoms with Crippen molar-refractivity contribution in [1.29, 1.82) is 0 Å². The molecule has 1 aromatic heterocycles. The van der Waals surface area contributed by atoms with E-state index in [0.29, 0.717) is 17.9 Å². The first-order chi connectivity index (χ1) is 6.07. The van der Waals surface area contributed by atoms with E-state index in [9.17, 15) is 4.79 Å². The average molecular weight is 181 g/mol. The lowest BCUT2D eigenvalue weighted by Gasteiger charge is -2.00. The molecule has 0 bridgehead atoms. The van der Waals surface area contributed by atoms with Crippen molar-refractivity contribution in [3.8, 4) is 0 Å². The third-order valence-corrected chi connectivity index (χ3v) is 2.13. The van der Waals surface area contributed by atoms with Gasteiger partial charge in [-0.3, -0.25) is 4.79 Å². The van der Waals surface area contributed by atoms with E-state index in [2.05, 4.69) is 5.32 Å². The highest BCUT2D eigenvalue weighted by Crippen LogP contribution is 2.20. The fourth-order valence-corrected chi connectivity index (χ4v) is 1.38. The van der Waals surface area contributed by atoms with Crippen LogP contribution in [0.3, 0.4) is 0 Å². The molecule has 3 nitrogen and oxygen atoms in total. The number of rotatable bonds is 2. The van der Waals surface area contributed by atoms with Crippen molar-refractivity contribution in [3.63, 3.8) is 0 Å². The van der Waals surface area contributed by atoms with Gasteiger partial charge in [0.05, 0.1) is 5.56 Å². The first kappa shape index (κ1) is 9.84. The fraction of sp³-hybridized carbons (Fsp3) is 0.500. The number of nitrogens with one attached hydrogen (secondary N) is 1. The molecule has 0 saturated carbocycles. The lowest BCUT2D eigenvalue weighted by atomic mass is 10.1. The predicted molar refractivity (Wildman–Crippen MR) is 50.9 cm³/mol. The summed E-state index contributed by atoms with van der Waals surface area (Å²) in [5.74, 6) is 1.47. The van der Waals surface area contributed by atoms with Crippen molar-refractivity contribution in [2.24, 2.45) is 0 Å². The largest absolute Gasteiger partial charge is 0.466 e. The van der Waals surface area contributed by atoms with Gasteiger partial charge in [0, 0.05) is 12.1 Å². The molecule has 0 aromatic carbocycles. The van der Waals surface area contributed by atoms with Crippen LogP contribution in [0.5, 0.6) is 0 Å². The number of carbonyl (C=O) groups excluding carboxylic acids is 1. The van der Waals surface area contributed by atoms with Gasteiger partial charge >= 0.3 is 0 Å². The van der Waals surface area contributed by atoms with Crippen molar-refractivity contribution in [2.75, 3.05) is 6.54 Å². The molecule has 0 unspecified atom stereocenters. The molecule has 1 N–H and O–H groups in total. The zero-order valence-electron chi connectivity index (χ0n) is 8.52. The number of carbonyl (C=O) groups is 1. The highest BCUT2D eigenvalue weighted by Gasteiger charge is 2.17. The van der Waals surface area contributed by atoms with Crippen molar-refractivity contribution in [1.82, 2.24) is 5.32 Å². The monoisotopic (exact) mass is 181 g/mol. The highest BCUT2D eigenvalue weighted by atomic mass is 16.3. The maximum atomic E-state index is 11.5. The predicted octanol–water partition coefficient (Wildman–Crippen LogP) is 1.95. The van der Waals surface area contributed by atoms with Gasteiger partial charge in [-0.05, 0) is 27.7 Å². The van der Waals surface area contributed by atoms with Gasteiger partial charge < -0.3 is 9.73 Å². The Bertz CT molecular complexity index is 326. The first-order valence-electron chi connectivity index (χ1n) is 4.42. The van der Waals surface area contributed by atoms with Crippen LogP contribution in [-0.2, 0) is 0 Å². The molecule has 0 aliphatic heterocycles. The molecule has 3 heteroatoms. The normalized spacial score (nSPS) is 10.2. The molecular weight excluding hydrogens is 166 g/mol. The Balaban J connectivity index is 3.06. The van der Waals surface area contributed by atoms with Gasteiger partial charge in [0.2, 0.25) is 0 Å². The molecule has 0 radical (unpaired) electrons. The summed E-state index contributed by atoms with van der Waals surface area (Å²) in [5, 5.41) is 2.76. The Morgan fingerprint density at radius 1 is 1.31 bits per heavy atom. The van der Waals surface area contributed by atoms with E-state index < -0.39 is 0 Å². The second kappa shape index (κ2) is 3.64. The molecule has 0 aliphatic rings. The summed E-state index contributed by atoms with van der Waals surface area (Å²) in [4.78, 5) is 11.5. The molecule has 0 saturated heterocycles. The Kier molecular flexibility index (Phi) is 2.76. The van der Waals surface area contributed by atoms with E-state index in [-0.39, 0.29) is 5.91 Å². The summed E-state index contributed by atoms with van der Waals surface area (Å²) >= 11 is 0. The summed E-state index contributed by atoms with van der Waals surface area (Å²) in [7, 11) is 0. The molecule has 0 aliphatic carbocycles. The van der Waals surface area contributed by atoms with Crippen LogP contribution in [-0.4, -0.2) is 12.5 Å². The first-order valence-corrected chi connectivity index (χ1v) is 4.42. The van der Waals surface area contributed by atoms with Gasteiger partial charge in [0.25, 0.3) is 5.91 Å². The molecule has 0 atom stereocenters. The van der Waals surface area contributed by atoms with Crippen LogP contribution in [0.1, 0.15) is 34.4 Å². The van der Waals surface area contributed by atoms with E-state index in [4.69, 9.17) is 4.42 Å². The zero-order chi connectivity index (χ0) is 10.0. The molecule has 1 amide bonds. The van der Waals surface area contributed by atoms with Crippen molar-refractivity contribution < 1.29 is 9.21 Å². The summed E-state index contributed by atoms with van der Waals surface area (Å²) in [6, 6.07) is 0. The Hall–Kier alpha value is -1.25. The van der Waals surface area contributed by atoms with Gasteiger partial charge in [-0.1, -0.05) is 0 Å². The highest BCUT2D eigenvalue weighted by molar-refractivity contribution is 5.96. The minimum Gasteiger partial charge on any atom is -0.466 e.